The summed E-state index contributed by atoms with van der Waals surface area (Å²) in [6.07, 6.45) is -0.0304. The first-order chi connectivity index (χ1) is 9.54. The molecule has 1 aromatic carbocycles. The summed E-state index contributed by atoms with van der Waals surface area (Å²) in [5.74, 6) is -0.211. The van der Waals surface area contributed by atoms with Gasteiger partial charge in [-0.1, -0.05) is 17.7 Å². The molecule has 1 aliphatic heterocycles. The molecule has 1 atom stereocenters. The topological polar surface area (TPSA) is 35.2 Å². The van der Waals surface area contributed by atoms with Crippen LogP contribution in [0.5, 0.6) is 0 Å². The molecule has 1 unspecified atom stereocenters. The quantitative estimate of drug-likeness (QED) is 0.690. The number of quaternary nitrogens is 2. The molecule has 4 heteroatoms. The Labute approximate surface area is 121 Å². The van der Waals surface area contributed by atoms with Crippen LogP contribution in [0.2, 0.25) is 0 Å². The van der Waals surface area contributed by atoms with Crippen molar-refractivity contribution >= 4 is 5.97 Å². The molecule has 1 fully saturated rings. The largest absolute Gasteiger partial charge is 0.453 e. The normalized spacial score (nSPS) is 24.1. The number of ether oxygens (including phenoxy) is 1. The highest BCUT2D eigenvalue weighted by atomic mass is 16.5. The summed E-state index contributed by atoms with van der Waals surface area (Å²) in [5, 5.41) is 0. The van der Waals surface area contributed by atoms with E-state index < -0.39 is 0 Å². The van der Waals surface area contributed by atoms with Gasteiger partial charge in [-0.2, -0.15) is 0 Å². The van der Waals surface area contributed by atoms with E-state index in [-0.39, 0.29) is 12.1 Å². The van der Waals surface area contributed by atoms with E-state index >= 15 is 0 Å². The third-order valence-corrected chi connectivity index (χ3v) is 3.98. The molecule has 20 heavy (non-hydrogen) atoms. The number of esters is 1. The molecule has 1 heterocycles. The molecule has 0 saturated carbocycles. The van der Waals surface area contributed by atoms with Gasteiger partial charge in [-0.25, -0.2) is 4.79 Å². The summed E-state index contributed by atoms with van der Waals surface area (Å²) in [6, 6.07) is 7.54. The average Bonchev–Trinajstić information content (AvgIpc) is 2.42. The predicted molar refractivity (Wildman–Crippen MR) is 78.2 cm³/mol. The van der Waals surface area contributed by atoms with Crippen LogP contribution in [0.3, 0.4) is 0 Å². The molecule has 2 rings (SSSR count). The maximum atomic E-state index is 12.0. The number of rotatable bonds is 4. The van der Waals surface area contributed by atoms with Crippen LogP contribution in [0, 0.1) is 6.92 Å². The van der Waals surface area contributed by atoms with E-state index in [1.54, 1.807) is 9.80 Å². The zero-order valence-corrected chi connectivity index (χ0v) is 12.7. The lowest BCUT2D eigenvalue weighted by Crippen LogP contribution is -3.27. The van der Waals surface area contributed by atoms with Gasteiger partial charge in [0, 0.05) is 0 Å². The smallest absolute Gasteiger partial charge is 0.338 e. The van der Waals surface area contributed by atoms with Gasteiger partial charge in [0.25, 0.3) is 0 Å². The zero-order chi connectivity index (χ0) is 14.5. The molecule has 0 radical (unpaired) electrons. The van der Waals surface area contributed by atoms with Crippen molar-refractivity contribution < 1.29 is 19.3 Å². The number of hydrogen-bond donors (Lipinski definition) is 2. The second-order valence-electron chi connectivity index (χ2n) is 5.99. The molecule has 0 aromatic heterocycles. The van der Waals surface area contributed by atoms with Crippen LogP contribution in [0.15, 0.2) is 24.3 Å². The third-order valence-electron chi connectivity index (χ3n) is 3.98. The number of carbonyl (C=O) groups excluding carboxylic acids is 1. The Morgan fingerprint density at radius 1 is 1.20 bits per heavy atom. The van der Waals surface area contributed by atoms with E-state index in [2.05, 4.69) is 7.05 Å². The Morgan fingerprint density at radius 2 is 1.80 bits per heavy atom. The zero-order valence-electron chi connectivity index (χ0n) is 12.7. The Kier molecular flexibility index (Phi) is 5.15. The van der Waals surface area contributed by atoms with Crippen LogP contribution in [0.4, 0.5) is 0 Å². The third kappa shape index (κ3) is 4.32. The molecule has 0 amide bonds. The Bertz CT molecular complexity index is 436. The molecule has 2 N–H and O–H groups in total. The van der Waals surface area contributed by atoms with E-state index in [4.69, 9.17) is 4.74 Å². The molecule has 0 aliphatic carbocycles. The molecule has 1 aromatic rings. The summed E-state index contributed by atoms with van der Waals surface area (Å²) in [7, 11) is 2.23. The van der Waals surface area contributed by atoms with Gasteiger partial charge in [0.2, 0.25) is 0 Å². The summed E-state index contributed by atoms with van der Waals surface area (Å²) >= 11 is 0. The number of piperazine rings is 1. The minimum atomic E-state index is -0.211. The number of aryl methyl sites for hydroxylation is 1. The Hall–Kier alpha value is -1.39. The van der Waals surface area contributed by atoms with Crippen molar-refractivity contribution in [3.63, 3.8) is 0 Å². The fourth-order valence-corrected chi connectivity index (χ4v) is 2.62. The standard InChI is InChI=1S/C16H24N2O2/c1-13-4-6-15(7-5-13)16(19)20-14(2)12-18-10-8-17(3)9-11-18/h4-7,14H,8-12H2,1-3H3/p+2. The van der Waals surface area contributed by atoms with Crippen molar-refractivity contribution in [2.75, 3.05) is 39.8 Å². The second kappa shape index (κ2) is 6.86. The van der Waals surface area contributed by atoms with Gasteiger partial charge in [0.15, 0.2) is 0 Å². The van der Waals surface area contributed by atoms with Crippen molar-refractivity contribution in [3.05, 3.63) is 35.4 Å². The minimum absolute atomic E-state index is 0.0304. The lowest BCUT2D eigenvalue weighted by Gasteiger charge is -2.28. The lowest BCUT2D eigenvalue weighted by atomic mass is 10.1. The highest BCUT2D eigenvalue weighted by molar-refractivity contribution is 5.89. The molecule has 1 aliphatic rings. The molecule has 4 nitrogen and oxygen atoms in total. The summed E-state index contributed by atoms with van der Waals surface area (Å²) in [4.78, 5) is 15.2. The first-order valence-corrected chi connectivity index (χ1v) is 7.47. The van der Waals surface area contributed by atoms with Crippen molar-refractivity contribution in [2.24, 2.45) is 0 Å². The van der Waals surface area contributed by atoms with Crippen molar-refractivity contribution in [1.29, 1.82) is 0 Å². The van der Waals surface area contributed by atoms with E-state index in [9.17, 15) is 4.79 Å². The van der Waals surface area contributed by atoms with Gasteiger partial charge in [-0.3, -0.25) is 0 Å². The monoisotopic (exact) mass is 278 g/mol. The molecule has 1 saturated heterocycles. The summed E-state index contributed by atoms with van der Waals surface area (Å²) in [5.41, 5.74) is 1.79. The number of nitrogens with one attached hydrogen (secondary N) is 2. The maximum Gasteiger partial charge on any atom is 0.338 e. The summed E-state index contributed by atoms with van der Waals surface area (Å²) in [6.45, 7) is 9.64. The van der Waals surface area contributed by atoms with Crippen molar-refractivity contribution in [2.45, 2.75) is 20.0 Å². The van der Waals surface area contributed by atoms with E-state index in [0.717, 1.165) is 25.2 Å². The first-order valence-electron chi connectivity index (χ1n) is 7.47. The first kappa shape index (κ1) is 15.0. The summed E-state index contributed by atoms with van der Waals surface area (Å²) < 4.78 is 5.54. The fraction of sp³-hybridized carbons (Fsp3) is 0.562. The van der Waals surface area contributed by atoms with Crippen molar-refractivity contribution in [3.8, 4) is 0 Å². The average molecular weight is 278 g/mol. The van der Waals surface area contributed by atoms with Crippen LogP contribution in [0.25, 0.3) is 0 Å². The highest BCUT2D eigenvalue weighted by Crippen LogP contribution is 2.06. The minimum Gasteiger partial charge on any atom is -0.453 e. The maximum absolute atomic E-state index is 12.0. The van der Waals surface area contributed by atoms with Gasteiger partial charge < -0.3 is 14.5 Å². The van der Waals surface area contributed by atoms with E-state index in [0.29, 0.717) is 5.56 Å². The molecule has 0 bridgehead atoms. The highest BCUT2D eigenvalue weighted by Gasteiger charge is 2.23. The fourth-order valence-electron chi connectivity index (χ4n) is 2.62. The Balaban J connectivity index is 1.80. The Morgan fingerprint density at radius 3 is 2.40 bits per heavy atom. The van der Waals surface area contributed by atoms with Gasteiger partial charge in [0.05, 0.1) is 12.6 Å². The number of hydrogen-bond acceptors (Lipinski definition) is 2. The number of benzene rings is 1. The SMILES string of the molecule is Cc1ccc(C(=O)OC(C)C[NH+]2CC[NH+](C)CC2)cc1. The van der Waals surface area contributed by atoms with E-state index in [1.165, 1.54) is 13.1 Å². The predicted octanol–water partition coefficient (Wildman–Crippen LogP) is -1.05. The van der Waals surface area contributed by atoms with Crippen LogP contribution in [-0.2, 0) is 4.74 Å². The number of carbonyl (C=O) groups is 1. The molecule has 110 valence electrons. The van der Waals surface area contributed by atoms with Gasteiger partial charge >= 0.3 is 5.97 Å². The number of likely N-dealkylation sites (N-methyl/N-ethyl adjacent to an activating group) is 1. The molecule has 0 spiro atoms. The van der Waals surface area contributed by atoms with Gasteiger partial charge in [-0.05, 0) is 26.0 Å². The van der Waals surface area contributed by atoms with Crippen molar-refractivity contribution in [1.82, 2.24) is 0 Å². The van der Waals surface area contributed by atoms with Gasteiger partial charge in [-0.15, -0.1) is 0 Å². The second-order valence-corrected chi connectivity index (χ2v) is 5.99. The van der Waals surface area contributed by atoms with Crippen LogP contribution < -0.4 is 9.80 Å². The van der Waals surface area contributed by atoms with Gasteiger partial charge in [0.1, 0.15) is 38.8 Å². The van der Waals surface area contributed by atoms with Crippen LogP contribution in [-0.4, -0.2) is 51.8 Å². The molecular formula is C16H26N2O2+2. The van der Waals surface area contributed by atoms with Crippen LogP contribution in [0.1, 0.15) is 22.8 Å². The lowest BCUT2D eigenvalue weighted by molar-refractivity contribution is -1.00. The van der Waals surface area contributed by atoms with E-state index in [1.807, 2.05) is 38.1 Å². The molecular weight excluding hydrogens is 252 g/mol. The van der Waals surface area contributed by atoms with Crippen LogP contribution >= 0.6 is 0 Å².